The summed E-state index contributed by atoms with van der Waals surface area (Å²) in [6.07, 6.45) is 3.05. The van der Waals surface area contributed by atoms with Crippen molar-refractivity contribution in [3.63, 3.8) is 0 Å². The molecule has 1 aromatic heterocycles. The first-order chi connectivity index (χ1) is 9.24. The molecule has 0 fully saturated rings. The summed E-state index contributed by atoms with van der Waals surface area (Å²) in [5.41, 5.74) is 2.40. The molecule has 0 spiro atoms. The van der Waals surface area contributed by atoms with Gasteiger partial charge in [-0.2, -0.15) is 0 Å². The number of para-hydroxylation sites is 2. The van der Waals surface area contributed by atoms with Gasteiger partial charge in [-0.25, -0.2) is 9.97 Å². The number of hydrogen-bond donors (Lipinski definition) is 0. The van der Waals surface area contributed by atoms with E-state index in [4.69, 9.17) is 0 Å². The van der Waals surface area contributed by atoms with E-state index in [9.17, 15) is 4.79 Å². The van der Waals surface area contributed by atoms with Crippen LogP contribution in [0.2, 0.25) is 0 Å². The van der Waals surface area contributed by atoms with Crippen LogP contribution in [-0.4, -0.2) is 29.5 Å². The summed E-state index contributed by atoms with van der Waals surface area (Å²) in [5.74, 6) is 0.582. The lowest BCUT2D eigenvalue weighted by Crippen LogP contribution is -2.25. The van der Waals surface area contributed by atoms with Crippen molar-refractivity contribution in [1.82, 2.24) is 9.97 Å². The predicted molar refractivity (Wildman–Crippen MR) is 73.9 cm³/mol. The minimum atomic E-state index is -0.0843. The fraction of sp³-hybridized carbons (Fsp3) is 0.214. The number of benzene rings is 1. The van der Waals surface area contributed by atoms with Crippen molar-refractivity contribution in [1.29, 1.82) is 0 Å². The summed E-state index contributed by atoms with van der Waals surface area (Å²) >= 11 is 0. The van der Waals surface area contributed by atoms with Gasteiger partial charge >= 0.3 is 0 Å². The van der Waals surface area contributed by atoms with Crippen LogP contribution in [0.1, 0.15) is 17.3 Å². The van der Waals surface area contributed by atoms with Crippen LogP contribution in [0.5, 0.6) is 0 Å². The Bertz CT molecular complexity index is 641. The van der Waals surface area contributed by atoms with Crippen LogP contribution in [0, 0.1) is 0 Å². The molecule has 0 radical (unpaired) electrons. The molecule has 1 aliphatic rings. The molecule has 2 aromatic rings. The SMILES string of the molecule is CCN1c2ccccc2N(C)C(=O)c2cncnc21. The van der Waals surface area contributed by atoms with Crippen molar-refractivity contribution >= 4 is 23.1 Å². The molecule has 96 valence electrons. The monoisotopic (exact) mass is 254 g/mol. The molecular formula is C14H14N4O. The maximum Gasteiger partial charge on any atom is 0.263 e. The van der Waals surface area contributed by atoms with E-state index in [1.807, 2.05) is 36.1 Å². The summed E-state index contributed by atoms with van der Waals surface area (Å²) in [5, 5.41) is 0. The molecule has 3 rings (SSSR count). The van der Waals surface area contributed by atoms with Crippen LogP contribution in [0.4, 0.5) is 17.2 Å². The molecule has 0 aliphatic carbocycles. The van der Waals surface area contributed by atoms with Gasteiger partial charge in [-0.3, -0.25) is 4.79 Å². The second-order valence-electron chi connectivity index (χ2n) is 4.36. The van der Waals surface area contributed by atoms with Crippen molar-refractivity contribution < 1.29 is 4.79 Å². The molecule has 0 saturated heterocycles. The zero-order valence-corrected chi connectivity index (χ0v) is 10.9. The van der Waals surface area contributed by atoms with E-state index in [1.54, 1.807) is 18.1 Å². The molecule has 0 N–H and O–H groups in total. The van der Waals surface area contributed by atoms with Crippen LogP contribution in [0.25, 0.3) is 0 Å². The molecule has 0 unspecified atom stereocenters. The largest absolute Gasteiger partial charge is 0.324 e. The number of anilines is 3. The van der Waals surface area contributed by atoms with E-state index in [0.29, 0.717) is 11.4 Å². The minimum Gasteiger partial charge on any atom is -0.324 e. The lowest BCUT2D eigenvalue weighted by atomic mass is 10.2. The van der Waals surface area contributed by atoms with E-state index >= 15 is 0 Å². The number of hydrogen-bond acceptors (Lipinski definition) is 4. The van der Waals surface area contributed by atoms with E-state index in [-0.39, 0.29) is 5.91 Å². The third kappa shape index (κ3) is 1.66. The molecule has 0 saturated carbocycles. The Balaban J connectivity index is 2.31. The van der Waals surface area contributed by atoms with Crippen molar-refractivity contribution in [2.75, 3.05) is 23.4 Å². The smallest absolute Gasteiger partial charge is 0.263 e. The second kappa shape index (κ2) is 4.35. The normalized spacial score (nSPS) is 13.9. The van der Waals surface area contributed by atoms with Gasteiger partial charge in [-0.1, -0.05) is 12.1 Å². The standard InChI is InChI=1S/C14H14N4O/c1-3-18-12-7-5-4-6-11(12)17(2)14(19)10-8-15-9-16-13(10)18/h4-9H,3H2,1-2H3. The van der Waals surface area contributed by atoms with Crippen LogP contribution < -0.4 is 9.80 Å². The average molecular weight is 254 g/mol. The van der Waals surface area contributed by atoms with Gasteiger partial charge in [-0.05, 0) is 19.1 Å². The predicted octanol–water partition coefficient (Wildman–Crippen LogP) is 2.22. The molecule has 1 aliphatic heterocycles. The van der Waals surface area contributed by atoms with E-state index < -0.39 is 0 Å². The fourth-order valence-corrected chi connectivity index (χ4v) is 2.39. The maximum absolute atomic E-state index is 12.5. The third-order valence-corrected chi connectivity index (χ3v) is 3.33. The quantitative estimate of drug-likeness (QED) is 0.783. The zero-order chi connectivity index (χ0) is 13.4. The van der Waals surface area contributed by atoms with Gasteiger partial charge < -0.3 is 9.80 Å². The number of aromatic nitrogens is 2. The Kier molecular flexibility index (Phi) is 2.67. The van der Waals surface area contributed by atoms with Gasteiger partial charge in [0.2, 0.25) is 0 Å². The van der Waals surface area contributed by atoms with E-state index in [2.05, 4.69) is 9.97 Å². The fourth-order valence-electron chi connectivity index (χ4n) is 2.39. The molecule has 2 heterocycles. The molecule has 0 atom stereocenters. The first kappa shape index (κ1) is 11.6. The lowest BCUT2D eigenvalue weighted by Gasteiger charge is -2.23. The molecule has 1 amide bonds. The summed E-state index contributed by atoms with van der Waals surface area (Å²) in [6, 6.07) is 7.83. The Morgan fingerprint density at radius 2 is 1.95 bits per heavy atom. The number of nitrogens with zero attached hydrogens (tertiary/aromatic N) is 4. The van der Waals surface area contributed by atoms with Gasteiger partial charge in [0.25, 0.3) is 5.91 Å². The van der Waals surface area contributed by atoms with Crippen LogP contribution in [0.3, 0.4) is 0 Å². The summed E-state index contributed by atoms with van der Waals surface area (Å²) in [7, 11) is 1.77. The highest BCUT2D eigenvalue weighted by Gasteiger charge is 2.28. The summed E-state index contributed by atoms with van der Waals surface area (Å²) in [6.45, 7) is 2.78. The maximum atomic E-state index is 12.5. The van der Waals surface area contributed by atoms with Crippen molar-refractivity contribution in [2.24, 2.45) is 0 Å². The van der Waals surface area contributed by atoms with Gasteiger partial charge in [0, 0.05) is 19.8 Å². The number of fused-ring (bicyclic) bond motifs is 2. The Morgan fingerprint density at radius 1 is 1.21 bits per heavy atom. The van der Waals surface area contributed by atoms with Gasteiger partial charge in [-0.15, -0.1) is 0 Å². The molecular weight excluding hydrogens is 240 g/mol. The lowest BCUT2D eigenvalue weighted by molar-refractivity contribution is 0.0993. The van der Waals surface area contributed by atoms with Gasteiger partial charge in [0.15, 0.2) is 0 Å². The molecule has 0 bridgehead atoms. The highest BCUT2D eigenvalue weighted by molar-refractivity contribution is 6.12. The molecule has 1 aromatic carbocycles. The second-order valence-corrected chi connectivity index (χ2v) is 4.36. The Hall–Kier alpha value is -2.43. The highest BCUT2D eigenvalue weighted by atomic mass is 16.2. The Morgan fingerprint density at radius 3 is 2.68 bits per heavy atom. The molecule has 19 heavy (non-hydrogen) atoms. The third-order valence-electron chi connectivity index (χ3n) is 3.33. The van der Waals surface area contributed by atoms with Crippen LogP contribution in [0.15, 0.2) is 36.8 Å². The number of carbonyl (C=O) groups is 1. The van der Waals surface area contributed by atoms with Crippen LogP contribution >= 0.6 is 0 Å². The summed E-state index contributed by atoms with van der Waals surface area (Å²) < 4.78 is 0. The molecule has 5 nitrogen and oxygen atoms in total. The minimum absolute atomic E-state index is 0.0843. The average Bonchev–Trinajstić information content (AvgIpc) is 2.55. The van der Waals surface area contributed by atoms with Crippen molar-refractivity contribution in [3.05, 3.63) is 42.4 Å². The summed E-state index contributed by atoms with van der Waals surface area (Å²) in [4.78, 5) is 24.4. The first-order valence-electron chi connectivity index (χ1n) is 6.18. The van der Waals surface area contributed by atoms with Crippen molar-refractivity contribution in [3.8, 4) is 0 Å². The van der Waals surface area contributed by atoms with E-state index in [1.165, 1.54) is 6.33 Å². The number of amides is 1. The Labute approximate surface area is 111 Å². The van der Waals surface area contributed by atoms with Gasteiger partial charge in [0.05, 0.1) is 11.4 Å². The zero-order valence-electron chi connectivity index (χ0n) is 10.9. The topological polar surface area (TPSA) is 49.3 Å². The van der Waals surface area contributed by atoms with Crippen molar-refractivity contribution in [2.45, 2.75) is 6.92 Å². The number of rotatable bonds is 1. The highest BCUT2D eigenvalue weighted by Crippen LogP contribution is 2.38. The van der Waals surface area contributed by atoms with E-state index in [0.717, 1.165) is 17.9 Å². The van der Waals surface area contributed by atoms with Crippen LogP contribution in [-0.2, 0) is 0 Å². The first-order valence-corrected chi connectivity index (χ1v) is 6.18. The van der Waals surface area contributed by atoms with Gasteiger partial charge in [0.1, 0.15) is 17.7 Å². The molecule has 5 heteroatoms. The number of carbonyl (C=O) groups excluding carboxylic acids is 1.